The highest BCUT2D eigenvalue weighted by atomic mass is 35.5. The summed E-state index contributed by atoms with van der Waals surface area (Å²) < 4.78 is 5.79. The maximum atomic E-state index is 9.20. The van der Waals surface area contributed by atoms with E-state index in [1.54, 1.807) is 12.1 Å². The van der Waals surface area contributed by atoms with Crippen LogP contribution in [0.2, 0.25) is 5.02 Å². The summed E-state index contributed by atoms with van der Waals surface area (Å²) in [5.74, 6) is 0.795. The Bertz CT molecular complexity index is 803. The van der Waals surface area contributed by atoms with Crippen LogP contribution < -0.4 is 10.2 Å². The van der Waals surface area contributed by atoms with Gasteiger partial charge < -0.3 is 14.8 Å². The van der Waals surface area contributed by atoms with Crippen molar-refractivity contribution in [1.29, 1.82) is 0 Å². The fraction of sp³-hybridized carbons (Fsp3) is 0.111. The summed E-state index contributed by atoms with van der Waals surface area (Å²) in [6, 6.07) is 18.8. The molecule has 0 heterocycles. The molecule has 0 bridgehead atoms. The van der Waals surface area contributed by atoms with E-state index in [-0.39, 0.29) is 0 Å². The zero-order valence-corrected chi connectivity index (χ0v) is 13.2. The summed E-state index contributed by atoms with van der Waals surface area (Å²) >= 11 is 5.87. The van der Waals surface area contributed by atoms with E-state index in [1.807, 2.05) is 48.5 Å². The van der Waals surface area contributed by atoms with Gasteiger partial charge in [-0.1, -0.05) is 48.0 Å². The van der Waals surface area contributed by atoms with Crippen LogP contribution in [-0.2, 0) is 6.42 Å². The molecule has 0 unspecified atom stereocenters. The van der Waals surface area contributed by atoms with Crippen LogP contribution in [0, 0.1) is 0 Å². The lowest BCUT2D eigenvalue weighted by Crippen LogP contribution is -2.29. The minimum Gasteiger partial charge on any atom is -0.493 e. The molecule has 3 nitrogen and oxygen atoms in total. The largest absolute Gasteiger partial charge is 0.493 e. The minimum absolute atomic E-state index is 0.480. The Balaban J connectivity index is 1.66. The van der Waals surface area contributed by atoms with Gasteiger partial charge in [-0.2, -0.15) is 0 Å². The first-order chi connectivity index (χ1) is 11.1. The van der Waals surface area contributed by atoms with Crippen LogP contribution >= 0.6 is 11.6 Å². The van der Waals surface area contributed by atoms with E-state index in [1.165, 1.54) is 5.56 Å². The van der Waals surface area contributed by atoms with Crippen molar-refractivity contribution in [3.05, 3.63) is 71.2 Å². The monoisotopic (exact) mass is 326 g/mol. The third-order valence-corrected chi connectivity index (χ3v) is 3.96. The van der Waals surface area contributed by atoms with Crippen LogP contribution in [0.3, 0.4) is 0 Å². The summed E-state index contributed by atoms with van der Waals surface area (Å²) in [5.41, 5.74) is 1.66. The molecule has 0 radical (unpaired) electrons. The molecular formula is C18H16BClO3. The van der Waals surface area contributed by atoms with Crippen molar-refractivity contribution in [3.8, 4) is 5.75 Å². The lowest BCUT2D eigenvalue weighted by molar-refractivity contribution is 0.322. The van der Waals surface area contributed by atoms with Gasteiger partial charge in [0.2, 0.25) is 0 Å². The lowest BCUT2D eigenvalue weighted by atomic mass is 9.79. The Morgan fingerprint density at radius 2 is 1.57 bits per heavy atom. The summed E-state index contributed by atoms with van der Waals surface area (Å²) in [6.45, 7) is 0.584. The van der Waals surface area contributed by atoms with Gasteiger partial charge in [0, 0.05) is 11.4 Å². The fourth-order valence-electron chi connectivity index (χ4n) is 2.43. The maximum absolute atomic E-state index is 9.20. The highest BCUT2D eigenvalue weighted by Crippen LogP contribution is 2.20. The second kappa shape index (κ2) is 7.05. The average molecular weight is 327 g/mol. The molecule has 0 aliphatic rings. The van der Waals surface area contributed by atoms with E-state index in [9.17, 15) is 10.0 Å². The molecule has 0 fully saturated rings. The van der Waals surface area contributed by atoms with Gasteiger partial charge in [-0.05, 0) is 46.1 Å². The number of hydrogen-bond donors (Lipinski definition) is 2. The van der Waals surface area contributed by atoms with E-state index in [0.29, 0.717) is 12.1 Å². The van der Waals surface area contributed by atoms with Gasteiger partial charge in [-0.3, -0.25) is 0 Å². The molecule has 0 aromatic heterocycles. The first kappa shape index (κ1) is 15.9. The molecule has 3 aromatic carbocycles. The van der Waals surface area contributed by atoms with Crippen molar-refractivity contribution >= 4 is 35.0 Å². The number of rotatable bonds is 5. The molecule has 116 valence electrons. The minimum atomic E-state index is -1.45. The van der Waals surface area contributed by atoms with E-state index in [0.717, 1.165) is 28.0 Å². The van der Waals surface area contributed by atoms with Crippen LogP contribution in [0.25, 0.3) is 10.8 Å². The summed E-state index contributed by atoms with van der Waals surface area (Å²) in [4.78, 5) is 0. The number of ether oxygens (including phenoxy) is 1. The molecule has 0 amide bonds. The lowest BCUT2D eigenvalue weighted by Gasteiger charge is -2.08. The highest BCUT2D eigenvalue weighted by molar-refractivity contribution is 6.58. The third-order valence-electron chi connectivity index (χ3n) is 3.71. The Morgan fingerprint density at radius 3 is 2.30 bits per heavy atom. The quantitative estimate of drug-likeness (QED) is 0.709. The molecule has 0 aliphatic heterocycles. The smallest absolute Gasteiger partial charge is 0.488 e. The van der Waals surface area contributed by atoms with Crippen molar-refractivity contribution in [2.45, 2.75) is 6.42 Å². The Hall–Kier alpha value is -2.01. The zero-order valence-electron chi connectivity index (χ0n) is 12.4. The number of halogens is 1. The Labute approximate surface area is 140 Å². The van der Waals surface area contributed by atoms with E-state index in [2.05, 4.69) is 0 Å². The predicted molar refractivity (Wildman–Crippen MR) is 94.4 cm³/mol. The zero-order chi connectivity index (χ0) is 16.2. The predicted octanol–water partition coefficient (Wildman–Crippen LogP) is 2.79. The Morgan fingerprint density at radius 1 is 0.870 bits per heavy atom. The molecule has 0 spiro atoms. The number of fused-ring (bicyclic) bond motifs is 1. The SMILES string of the molecule is OB(O)c1ccc2cc(OCCc3ccc(Cl)cc3)ccc2c1. The van der Waals surface area contributed by atoms with Crippen LogP contribution in [0.15, 0.2) is 60.7 Å². The standard InChI is InChI=1S/C18H16BClO3/c20-17-6-1-13(2-7-17)9-10-23-18-8-4-14-11-16(19(21)22)5-3-15(14)12-18/h1-8,11-12,21-22H,9-10H2. The van der Waals surface area contributed by atoms with Crippen LogP contribution in [-0.4, -0.2) is 23.8 Å². The van der Waals surface area contributed by atoms with E-state index in [4.69, 9.17) is 16.3 Å². The van der Waals surface area contributed by atoms with Crippen LogP contribution in [0.4, 0.5) is 0 Å². The molecule has 0 saturated heterocycles. The molecule has 23 heavy (non-hydrogen) atoms. The molecular weight excluding hydrogens is 310 g/mol. The topological polar surface area (TPSA) is 49.7 Å². The van der Waals surface area contributed by atoms with E-state index < -0.39 is 7.12 Å². The van der Waals surface area contributed by atoms with Crippen molar-refractivity contribution < 1.29 is 14.8 Å². The second-order valence-electron chi connectivity index (χ2n) is 5.37. The average Bonchev–Trinajstić information content (AvgIpc) is 2.56. The molecule has 2 N–H and O–H groups in total. The van der Waals surface area contributed by atoms with Gasteiger partial charge in [0.25, 0.3) is 0 Å². The maximum Gasteiger partial charge on any atom is 0.488 e. The van der Waals surface area contributed by atoms with Crippen molar-refractivity contribution in [1.82, 2.24) is 0 Å². The van der Waals surface area contributed by atoms with Crippen molar-refractivity contribution in [3.63, 3.8) is 0 Å². The van der Waals surface area contributed by atoms with Crippen LogP contribution in [0.1, 0.15) is 5.56 Å². The normalized spacial score (nSPS) is 10.7. The van der Waals surface area contributed by atoms with Gasteiger partial charge in [-0.15, -0.1) is 0 Å². The number of hydrogen-bond acceptors (Lipinski definition) is 3. The molecule has 0 aliphatic carbocycles. The molecule has 3 aromatic rings. The van der Waals surface area contributed by atoms with Gasteiger partial charge in [0.15, 0.2) is 0 Å². The molecule has 0 saturated carbocycles. The summed E-state index contributed by atoms with van der Waals surface area (Å²) in [5, 5.41) is 21.1. The summed E-state index contributed by atoms with van der Waals surface area (Å²) in [6.07, 6.45) is 0.810. The first-order valence-electron chi connectivity index (χ1n) is 7.39. The van der Waals surface area contributed by atoms with Gasteiger partial charge in [-0.25, -0.2) is 0 Å². The van der Waals surface area contributed by atoms with Gasteiger partial charge in [0.1, 0.15) is 5.75 Å². The third kappa shape index (κ3) is 4.05. The fourth-order valence-corrected chi connectivity index (χ4v) is 2.56. The first-order valence-corrected chi connectivity index (χ1v) is 7.77. The molecule has 5 heteroatoms. The van der Waals surface area contributed by atoms with Crippen LogP contribution in [0.5, 0.6) is 5.75 Å². The van der Waals surface area contributed by atoms with Gasteiger partial charge in [0.05, 0.1) is 6.61 Å². The molecule has 0 atom stereocenters. The van der Waals surface area contributed by atoms with E-state index >= 15 is 0 Å². The number of benzene rings is 3. The molecule has 3 rings (SSSR count). The highest BCUT2D eigenvalue weighted by Gasteiger charge is 2.10. The van der Waals surface area contributed by atoms with Crippen molar-refractivity contribution in [2.75, 3.05) is 6.61 Å². The van der Waals surface area contributed by atoms with Gasteiger partial charge >= 0.3 is 7.12 Å². The summed E-state index contributed by atoms with van der Waals surface area (Å²) in [7, 11) is -1.45. The van der Waals surface area contributed by atoms with Crippen molar-refractivity contribution in [2.24, 2.45) is 0 Å². The second-order valence-corrected chi connectivity index (χ2v) is 5.80. The Kier molecular flexibility index (Phi) is 4.86.